The van der Waals surface area contributed by atoms with Crippen molar-refractivity contribution in [2.75, 3.05) is 5.32 Å². The first-order valence-corrected chi connectivity index (χ1v) is 6.76. The molecule has 0 aliphatic heterocycles. The number of carbonyl (C=O) groups excluding carboxylic acids is 3. The second kappa shape index (κ2) is 8.04. The molecule has 1 aromatic rings. The highest BCUT2D eigenvalue weighted by Crippen LogP contribution is 2.17. The Labute approximate surface area is 122 Å². The zero-order valence-electron chi connectivity index (χ0n) is 11.8. The Hall–Kier alpha value is -2.37. The summed E-state index contributed by atoms with van der Waals surface area (Å²) in [5, 5.41) is 24.2. The lowest BCUT2D eigenvalue weighted by molar-refractivity contribution is -0.312. The van der Waals surface area contributed by atoms with Crippen molar-refractivity contribution in [3.63, 3.8) is 0 Å². The highest BCUT2D eigenvalue weighted by molar-refractivity contribution is 5.99. The number of aromatic carboxylic acids is 1. The Morgan fingerprint density at radius 2 is 1.81 bits per heavy atom. The van der Waals surface area contributed by atoms with Gasteiger partial charge in [0.05, 0.1) is 5.97 Å². The Balaban J connectivity index is 2.62. The summed E-state index contributed by atoms with van der Waals surface area (Å²) in [6.07, 6.45) is 1.29. The number of nitrogens with one attached hydrogen (secondary N) is 1. The maximum atomic E-state index is 11.8. The van der Waals surface area contributed by atoms with E-state index >= 15 is 0 Å². The zero-order valence-corrected chi connectivity index (χ0v) is 11.8. The van der Waals surface area contributed by atoms with Crippen molar-refractivity contribution < 1.29 is 24.6 Å². The number of rotatable bonds is 8. The number of anilines is 1. The van der Waals surface area contributed by atoms with E-state index < -0.39 is 23.8 Å². The quantitative estimate of drug-likeness (QED) is 0.721. The molecule has 0 radical (unpaired) electrons. The largest absolute Gasteiger partial charge is 0.550 e. The highest BCUT2D eigenvalue weighted by Gasteiger charge is 2.13. The van der Waals surface area contributed by atoms with E-state index in [1.807, 2.05) is 6.92 Å². The van der Waals surface area contributed by atoms with Crippen LogP contribution in [0.3, 0.4) is 0 Å². The first-order valence-electron chi connectivity index (χ1n) is 6.76. The molecule has 0 unspecified atom stereocenters. The number of para-hydroxylation sites is 1. The van der Waals surface area contributed by atoms with Crippen LogP contribution in [0, 0.1) is 5.92 Å². The molecule has 0 aliphatic carbocycles. The molecular weight excluding hydrogens is 274 g/mol. The van der Waals surface area contributed by atoms with Gasteiger partial charge in [0.25, 0.3) is 0 Å². The molecule has 114 valence electrons. The third-order valence-corrected chi connectivity index (χ3v) is 3.11. The number of hydrogen-bond acceptors (Lipinski definition) is 5. The molecule has 0 fully saturated rings. The number of carbonyl (C=O) groups is 3. The van der Waals surface area contributed by atoms with E-state index in [0.717, 1.165) is 0 Å². The molecule has 21 heavy (non-hydrogen) atoms. The minimum atomic E-state index is -1.38. The molecule has 0 aliphatic rings. The number of carboxylic acid groups (broad SMARTS) is 2. The fourth-order valence-electron chi connectivity index (χ4n) is 2.02. The van der Waals surface area contributed by atoms with E-state index in [1.165, 1.54) is 18.2 Å². The van der Waals surface area contributed by atoms with Gasteiger partial charge in [-0.05, 0) is 24.8 Å². The van der Waals surface area contributed by atoms with Gasteiger partial charge < -0.3 is 25.1 Å². The van der Waals surface area contributed by atoms with Crippen LogP contribution in [0.5, 0.6) is 0 Å². The van der Waals surface area contributed by atoms with Crippen LogP contribution in [0.1, 0.15) is 43.0 Å². The Bertz CT molecular complexity index is 527. The Morgan fingerprint density at radius 1 is 1.14 bits per heavy atom. The molecule has 0 saturated carbocycles. The Morgan fingerprint density at radius 3 is 2.38 bits per heavy atom. The molecule has 1 amide bonds. The molecule has 0 heterocycles. The monoisotopic (exact) mass is 291 g/mol. The minimum Gasteiger partial charge on any atom is -0.550 e. The van der Waals surface area contributed by atoms with Crippen LogP contribution in [-0.4, -0.2) is 17.8 Å². The van der Waals surface area contributed by atoms with Gasteiger partial charge in [-0.15, -0.1) is 0 Å². The van der Waals surface area contributed by atoms with E-state index in [4.69, 9.17) is 0 Å². The first kappa shape index (κ1) is 16.7. The fraction of sp³-hybridized carbons (Fsp3) is 0.400. The summed E-state index contributed by atoms with van der Waals surface area (Å²) in [5.41, 5.74) is 0.0267. The lowest BCUT2D eigenvalue weighted by Crippen LogP contribution is -2.32. The van der Waals surface area contributed by atoms with Gasteiger partial charge >= 0.3 is 0 Å². The molecule has 1 atom stereocenters. The summed E-state index contributed by atoms with van der Waals surface area (Å²) in [5.74, 6) is -3.66. The van der Waals surface area contributed by atoms with Crippen molar-refractivity contribution in [3.8, 4) is 0 Å². The second-order valence-corrected chi connectivity index (χ2v) is 4.72. The van der Waals surface area contributed by atoms with Gasteiger partial charge in [-0.25, -0.2) is 0 Å². The summed E-state index contributed by atoms with van der Waals surface area (Å²) >= 11 is 0. The van der Waals surface area contributed by atoms with Crippen LogP contribution >= 0.6 is 0 Å². The average molecular weight is 291 g/mol. The van der Waals surface area contributed by atoms with Crippen molar-refractivity contribution in [2.45, 2.75) is 32.6 Å². The summed E-state index contributed by atoms with van der Waals surface area (Å²) in [7, 11) is 0. The van der Waals surface area contributed by atoms with E-state index in [2.05, 4.69) is 5.32 Å². The van der Waals surface area contributed by atoms with Crippen molar-refractivity contribution in [1.29, 1.82) is 0 Å². The fourth-order valence-corrected chi connectivity index (χ4v) is 2.02. The molecule has 1 rings (SSSR count). The number of carboxylic acids is 2. The average Bonchev–Trinajstić information content (AvgIpc) is 2.43. The third-order valence-electron chi connectivity index (χ3n) is 3.11. The predicted molar refractivity (Wildman–Crippen MR) is 72.0 cm³/mol. The number of benzene rings is 1. The maximum absolute atomic E-state index is 11.8. The van der Waals surface area contributed by atoms with Crippen LogP contribution in [0.4, 0.5) is 5.69 Å². The summed E-state index contributed by atoms with van der Waals surface area (Å²) in [4.78, 5) is 33.6. The van der Waals surface area contributed by atoms with Crippen molar-refractivity contribution >= 4 is 23.5 Å². The number of aliphatic carboxylic acids is 1. The molecule has 1 N–H and O–H groups in total. The van der Waals surface area contributed by atoms with Gasteiger partial charge in [-0.3, -0.25) is 4.79 Å². The SMILES string of the molecule is CCC[C@@H](CCC(=O)Nc1ccccc1C(=O)[O-])C(=O)[O-]. The second-order valence-electron chi connectivity index (χ2n) is 4.72. The smallest absolute Gasteiger partial charge is 0.224 e. The Kier molecular flexibility index (Phi) is 6.39. The molecule has 0 spiro atoms. The number of hydrogen-bond donors (Lipinski definition) is 1. The van der Waals surface area contributed by atoms with Crippen molar-refractivity contribution in [1.82, 2.24) is 0 Å². The third kappa shape index (κ3) is 5.25. The highest BCUT2D eigenvalue weighted by atomic mass is 16.4. The lowest BCUT2D eigenvalue weighted by Gasteiger charge is -2.17. The molecule has 0 aromatic heterocycles. The number of amides is 1. The standard InChI is InChI=1S/C15H19NO5/c1-2-5-10(14(18)19)8-9-13(17)16-12-7-4-3-6-11(12)15(20)21/h3-4,6-7,10H,2,5,8-9H2,1H3,(H,16,17)(H,18,19)(H,20,21)/p-2/t10-/m0/s1. The van der Waals surface area contributed by atoms with Crippen LogP contribution in [-0.2, 0) is 9.59 Å². The van der Waals surface area contributed by atoms with Gasteiger partial charge in [0.1, 0.15) is 0 Å². The van der Waals surface area contributed by atoms with Gasteiger partial charge in [-0.1, -0.05) is 31.5 Å². The van der Waals surface area contributed by atoms with E-state index in [1.54, 1.807) is 6.07 Å². The van der Waals surface area contributed by atoms with Gasteiger partial charge in [0, 0.05) is 23.6 Å². The summed E-state index contributed by atoms with van der Waals surface area (Å²) in [6.45, 7) is 1.85. The van der Waals surface area contributed by atoms with Gasteiger partial charge in [0.2, 0.25) is 5.91 Å². The zero-order chi connectivity index (χ0) is 15.8. The summed E-state index contributed by atoms with van der Waals surface area (Å²) in [6, 6.07) is 5.88. The predicted octanol–water partition coefficient (Wildman–Crippen LogP) is -0.0650. The lowest BCUT2D eigenvalue weighted by atomic mass is 9.98. The molecule has 0 saturated heterocycles. The van der Waals surface area contributed by atoms with Gasteiger partial charge in [0.15, 0.2) is 0 Å². The van der Waals surface area contributed by atoms with Crippen molar-refractivity contribution in [3.05, 3.63) is 29.8 Å². The molecular formula is C15H17NO5-2. The maximum Gasteiger partial charge on any atom is 0.224 e. The van der Waals surface area contributed by atoms with Gasteiger partial charge in [-0.2, -0.15) is 0 Å². The van der Waals surface area contributed by atoms with E-state index in [-0.39, 0.29) is 24.1 Å². The normalized spacial score (nSPS) is 11.7. The van der Waals surface area contributed by atoms with E-state index in [0.29, 0.717) is 12.8 Å². The molecule has 6 nitrogen and oxygen atoms in total. The molecule has 1 aromatic carbocycles. The summed E-state index contributed by atoms with van der Waals surface area (Å²) < 4.78 is 0. The molecule has 0 bridgehead atoms. The van der Waals surface area contributed by atoms with Crippen molar-refractivity contribution in [2.24, 2.45) is 5.92 Å². The van der Waals surface area contributed by atoms with Crippen LogP contribution < -0.4 is 15.5 Å². The first-order chi connectivity index (χ1) is 9.95. The topological polar surface area (TPSA) is 109 Å². The molecule has 6 heteroatoms. The van der Waals surface area contributed by atoms with Crippen LogP contribution in [0.15, 0.2) is 24.3 Å². The van der Waals surface area contributed by atoms with E-state index in [9.17, 15) is 24.6 Å². The van der Waals surface area contributed by atoms with Crippen LogP contribution in [0.25, 0.3) is 0 Å². The minimum absolute atomic E-state index is 0.0139. The van der Waals surface area contributed by atoms with Crippen LogP contribution in [0.2, 0.25) is 0 Å².